The number of fused-ring (bicyclic) bond motifs is 1. The van der Waals surface area contributed by atoms with E-state index in [0.717, 1.165) is 33.9 Å². The molecule has 92 valence electrons. The second-order valence-electron chi connectivity index (χ2n) is 4.34. The highest BCUT2D eigenvalue weighted by Gasteiger charge is 2.08. The quantitative estimate of drug-likeness (QED) is 0.724. The first-order chi connectivity index (χ1) is 8.67. The molecule has 2 aromatic heterocycles. The van der Waals surface area contributed by atoms with Crippen LogP contribution >= 0.6 is 0 Å². The third kappa shape index (κ3) is 1.64. The Kier molecular flexibility index (Phi) is 2.33. The van der Waals surface area contributed by atoms with E-state index in [9.17, 15) is 0 Å². The van der Waals surface area contributed by atoms with Crippen LogP contribution in [-0.4, -0.2) is 26.8 Å². The average Bonchev–Trinajstić information content (AvgIpc) is 2.89. The van der Waals surface area contributed by atoms with E-state index in [0.29, 0.717) is 0 Å². The molecule has 2 N–H and O–H groups in total. The molecule has 3 rings (SSSR count). The van der Waals surface area contributed by atoms with E-state index >= 15 is 0 Å². The fourth-order valence-electron chi connectivity index (χ4n) is 2.16. The van der Waals surface area contributed by atoms with Gasteiger partial charge in [-0.15, -0.1) is 0 Å². The van der Waals surface area contributed by atoms with Crippen LogP contribution in [0.4, 0.5) is 5.82 Å². The molecule has 0 unspecified atom stereocenters. The molecule has 0 aliphatic rings. The Labute approximate surface area is 105 Å². The van der Waals surface area contributed by atoms with Crippen LogP contribution in [0.25, 0.3) is 22.3 Å². The van der Waals surface area contributed by atoms with Gasteiger partial charge in [0.2, 0.25) is 0 Å². The minimum absolute atomic E-state index is 0.869. The smallest absolute Gasteiger partial charge is 0.148 e. The van der Waals surface area contributed by atoms with Crippen molar-refractivity contribution in [3.8, 4) is 11.3 Å². The van der Waals surface area contributed by atoms with E-state index in [1.807, 2.05) is 37.8 Å². The lowest BCUT2D eigenvalue weighted by molar-refractivity contribution is 0.779. The average molecular weight is 241 g/mol. The number of hydrogen-bond donors (Lipinski definition) is 2. The van der Waals surface area contributed by atoms with Gasteiger partial charge in [0.1, 0.15) is 11.6 Å². The summed E-state index contributed by atoms with van der Waals surface area (Å²) in [5.41, 5.74) is 4.25. The molecule has 0 aliphatic carbocycles. The molecule has 0 radical (unpaired) electrons. The topological polar surface area (TPSA) is 58.5 Å². The molecule has 0 amide bonds. The van der Waals surface area contributed by atoms with E-state index in [2.05, 4.69) is 32.5 Å². The maximum Gasteiger partial charge on any atom is 0.148 e. The van der Waals surface area contributed by atoms with Gasteiger partial charge < -0.3 is 10.3 Å². The van der Waals surface area contributed by atoms with Gasteiger partial charge in [0.15, 0.2) is 0 Å². The minimum Gasteiger partial charge on any atom is -0.372 e. The number of rotatable bonds is 2. The van der Waals surface area contributed by atoms with Crippen molar-refractivity contribution in [1.29, 1.82) is 0 Å². The zero-order valence-corrected chi connectivity index (χ0v) is 10.7. The molecular formula is C13H15N5. The van der Waals surface area contributed by atoms with Gasteiger partial charge in [0.25, 0.3) is 0 Å². The van der Waals surface area contributed by atoms with Gasteiger partial charge in [-0.2, -0.15) is 5.10 Å². The molecule has 0 saturated carbocycles. The number of nitrogens with one attached hydrogen (secondary N) is 2. The van der Waals surface area contributed by atoms with Crippen LogP contribution in [0, 0.1) is 6.92 Å². The Morgan fingerprint density at radius 3 is 2.83 bits per heavy atom. The lowest BCUT2D eigenvalue weighted by Gasteiger charge is -2.01. The van der Waals surface area contributed by atoms with Crippen LogP contribution in [0.2, 0.25) is 0 Å². The molecule has 0 saturated heterocycles. The first-order valence-corrected chi connectivity index (χ1v) is 5.86. The Morgan fingerprint density at radius 1 is 1.28 bits per heavy atom. The predicted octanol–water partition coefficient (Wildman–Crippen LogP) is 2.31. The van der Waals surface area contributed by atoms with Gasteiger partial charge in [-0.05, 0) is 19.1 Å². The highest BCUT2D eigenvalue weighted by Crippen LogP contribution is 2.24. The minimum atomic E-state index is 0.869. The van der Waals surface area contributed by atoms with E-state index in [4.69, 9.17) is 0 Å². The summed E-state index contributed by atoms with van der Waals surface area (Å²) in [6.45, 7) is 1.96. The molecule has 0 fully saturated rings. The molecule has 0 aliphatic heterocycles. The van der Waals surface area contributed by atoms with Crippen LogP contribution in [-0.2, 0) is 7.05 Å². The summed E-state index contributed by atoms with van der Waals surface area (Å²) in [6.07, 6.45) is 0. The molecular weight excluding hydrogens is 226 g/mol. The number of nitrogens with zero attached hydrogens (tertiary/aromatic N) is 3. The molecule has 1 aromatic carbocycles. The second kappa shape index (κ2) is 3.87. The van der Waals surface area contributed by atoms with Crippen molar-refractivity contribution in [1.82, 2.24) is 19.7 Å². The molecule has 0 bridgehead atoms. The largest absolute Gasteiger partial charge is 0.372 e. The van der Waals surface area contributed by atoms with Crippen molar-refractivity contribution < 1.29 is 0 Å². The SMILES string of the molecule is CNc1cc(-c2ccc3nc(C)[nH]c3c2)n(C)n1. The molecule has 0 spiro atoms. The third-order valence-corrected chi connectivity index (χ3v) is 3.03. The van der Waals surface area contributed by atoms with Gasteiger partial charge in [-0.3, -0.25) is 4.68 Å². The van der Waals surface area contributed by atoms with Crippen LogP contribution < -0.4 is 5.32 Å². The lowest BCUT2D eigenvalue weighted by Crippen LogP contribution is -1.95. The monoisotopic (exact) mass is 241 g/mol. The number of aromatic nitrogens is 4. The van der Waals surface area contributed by atoms with Gasteiger partial charge in [-0.1, -0.05) is 6.07 Å². The number of anilines is 1. The van der Waals surface area contributed by atoms with Gasteiger partial charge in [-0.25, -0.2) is 4.98 Å². The van der Waals surface area contributed by atoms with Crippen molar-refractivity contribution >= 4 is 16.9 Å². The van der Waals surface area contributed by atoms with Crippen LogP contribution in [0.15, 0.2) is 24.3 Å². The lowest BCUT2D eigenvalue weighted by atomic mass is 10.1. The van der Waals surface area contributed by atoms with Crippen LogP contribution in [0.5, 0.6) is 0 Å². The van der Waals surface area contributed by atoms with Gasteiger partial charge in [0, 0.05) is 25.7 Å². The Balaban J connectivity index is 2.15. The highest BCUT2D eigenvalue weighted by molar-refractivity contribution is 5.81. The Morgan fingerprint density at radius 2 is 2.11 bits per heavy atom. The zero-order chi connectivity index (χ0) is 12.7. The summed E-state index contributed by atoms with van der Waals surface area (Å²) in [7, 11) is 3.81. The summed E-state index contributed by atoms with van der Waals surface area (Å²) in [6, 6.07) is 8.23. The molecule has 3 aromatic rings. The summed E-state index contributed by atoms with van der Waals surface area (Å²) in [5.74, 6) is 1.80. The van der Waals surface area contributed by atoms with Crippen molar-refractivity contribution in [3.05, 3.63) is 30.1 Å². The Bertz CT molecular complexity index is 707. The summed E-state index contributed by atoms with van der Waals surface area (Å²) in [4.78, 5) is 7.65. The molecule has 18 heavy (non-hydrogen) atoms. The maximum absolute atomic E-state index is 4.40. The second-order valence-corrected chi connectivity index (χ2v) is 4.34. The van der Waals surface area contributed by atoms with Crippen molar-refractivity contribution in [2.24, 2.45) is 7.05 Å². The first kappa shape index (κ1) is 10.8. The predicted molar refractivity (Wildman–Crippen MR) is 72.6 cm³/mol. The molecule has 0 atom stereocenters. The maximum atomic E-state index is 4.40. The van der Waals surface area contributed by atoms with E-state index in [1.165, 1.54) is 0 Å². The first-order valence-electron chi connectivity index (χ1n) is 5.86. The highest BCUT2D eigenvalue weighted by atomic mass is 15.3. The number of hydrogen-bond acceptors (Lipinski definition) is 3. The molecule has 5 nitrogen and oxygen atoms in total. The molecule has 5 heteroatoms. The molecule has 2 heterocycles. The normalized spacial score (nSPS) is 11.1. The van der Waals surface area contributed by atoms with Crippen LogP contribution in [0.1, 0.15) is 5.82 Å². The van der Waals surface area contributed by atoms with Crippen molar-refractivity contribution in [2.45, 2.75) is 6.92 Å². The zero-order valence-electron chi connectivity index (χ0n) is 10.7. The summed E-state index contributed by atoms with van der Waals surface area (Å²) >= 11 is 0. The number of H-pyrrole nitrogens is 1. The van der Waals surface area contributed by atoms with Crippen molar-refractivity contribution in [3.63, 3.8) is 0 Å². The summed E-state index contributed by atoms with van der Waals surface area (Å²) in [5, 5.41) is 7.42. The number of aryl methyl sites for hydroxylation is 2. The Hall–Kier alpha value is -2.30. The van der Waals surface area contributed by atoms with E-state index in [-0.39, 0.29) is 0 Å². The van der Waals surface area contributed by atoms with Gasteiger partial charge >= 0.3 is 0 Å². The fourth-order valence-corrected chi connectivity index (χ4v) is 2.16. The third-order valence-electron chi connectivity index (χ3n) is 3.03. The summed E-state index contributed by atoms with van der Waals surface area (Å²) < 4.78 is 1.87. The van der Waals surface area contributed by atoms with Gasteiger partial charge in [0.05, 0.1) is 16.7 Å². The van der Waals surface area contributed by atoms with Crippen molar-refractivity contribution in [2.75, 3.05) is 12.4 Å². The fraction of sp³-hybridized carbons (Fsp3) is 0.231. The number of imidazole rings is 1. The van der Waals surface area contributed by atoms with E-state index in [1.54, 1.807) is 0 Å². The number of benzene rings is 1. The van der Waals surface area contributed by atoms with E-state index < -0.39 is 0 Å². The number of aromatic amines is 1. The standard InChI is InChI=1S/C13H15N5/c1-8-15-10-5-4-9(6-11(10)16-8)12-7-13(14-2)17-18(12)3/h4-7H,1-3H3,(H,14,17)(H,15,16). The van der Waals surface area contributed by atoms with Crippen LogP contribution in [0.3, 0.4) is 0 Å².